The number of hydrogen-bond donors (Lipinski definition) is 4. The van der Waals surface area contributed by atoms with Crippen molar-refractivity contribution in [3.8, 4) is 6.07 Å². The second kappa shape index (κ2) is 10.3. The molecule has 3 rings (SSSR count). The first kappa shape index (κ1) is 24.6. The van der Waals surface area contributed by atoms with Gasteiger partial charge in [-0.3, -0.25) is 0 Å². The van der Waals surface area contributed by atoms with Crippen LogP contribution in [0.5, 0.6) is 0 Å². The van der Waals surface area contributed by atoms with Crippen LogP contribution in [0.15, 0.2) is 29.2 Å². The van der Waals surface area contributed by atoms with Crippen LogP contribution in [0.3, 0.4) is 0 Å². The Bertz CT molecular complexity index is 968. The fourth-order valence-electron chi connectivity index (χ4n) is 3.87. The molecule has 4 N–H and O–H groups in total. The van der Waals surface area contributed by atoms with E-state index in [1.807, 2.05) is 12.1 Å². The minimum absolute atomic E-state index is 0.209. The largest absolute Gasteiger partial charge is 0.388 e. The predicted molar refractivity (Wildman–Crippen MR) is 117 cm³/mol. The molecule has 0 spiro atoms. The number of nitriles is 1. The van der Waals surface area contributed by atoms with Crippen LogP contribution >= 0.6 is 0 Å². The Morgan fingerprint density at radius 3 is 2.38 bits per heavy atom. The molecule has 2 aliphatic rings. The minimum atomic E-state index is -4.43. The Hall–Kier alpha value is -2.04. The Morgan fingerprint density at radius 2 is 1.81 bits per heavy atom. The van der Waals surface area contributed by atoms with Crippen LogP contribution < -0.4 is 9.62 Å². The second-order valence-electron chi connectivity index (χ2n) is 7.81. The first-order valence-electron chi connectivity index (χ1n) is 10.5. The molecule has 0 amide bonds. The molecule has 0 aliphatic carbocycles. The SMILES string of the molecule is CC[C@H]1OC(O)[C@H](NS(=O)(=O)/C(C#N)=C(\C)c2ccc(N3CCOCC3)cc2)[C@@H](O)[C@@H]1O. The van der Waals surface area contributed by atoms with Crippen molar-refractivity contribution in [1.82, 2.24) is 4.72 Å². The molecule has 0 saturated carbocycles. The summed E-state index contributed by atoms with van der Waals surface area (Å²) in [4.78, 5) is 1.60. The van der Waals surface area contributed by atoms with Gasteiger partial charge >= 0.3 is 0 Å². The molecule has 2 fully saturated rings. The van der Waals surface area contributed by atoms with Gasteiger partial charge in [0.25, 0.3) is 10.0 Å². The van der Waals surface area contributed by atoms with E-state index in [4.69, 9.17) is 9.47 Å². The molecule has 2 heterocycles. The molecule has 0 aromatic heterocycles. The number of nitrogens with zero attached hydrogens (tertiary/aromatic N) is 2. The van der Waals surface area contributed by atoms with E-state index in [0.717, 1.165) is 18.8 Å². The standard InChI is InChI=1S/C21H29N3O7S/c1-3-16-19(25)20(26)18(21(27)31-16)23-32(28,29)17(12-22)13(2)14-4-6-15(7-5-14)24-8-10-30-11-9-24/h4-7,16,18-21,23,25-27H,3,8-11H2,1-2H3/b17-13+/t16-,18-,19-,20-,21?/m1/s1. The van der Waals surface area contributed by atoms with E-state index in [1.165, 1.54) is 6.92 Å². The molecule has 10 nitrogen and oxygen atoms in total. The molecule has 1 unspecified atom stereocenters. The summed E-state index contributed by atoms with van der Waals surface area (Å²) in [6, 6.07) is 7.34. The Labute approximate surface area is 187 Å². The smallest absolute Gasteiger partial charge is 0.251 e. The lowest BCUT2D eigenvalue weighted by molar-refractivity contribution is -0.244. The van der Waals surface area contributed by atoms with Crippen LogP contribution in [-0.4, -0.2) is 80.7 Å². The lowest BCUT2D eigenvalue weighted by Gasteiger charge is -2.40. The summed E-state index contributed by atoms with van der Waals surface area (Å²) in [7, 11) is -4.43. The first-order chi connectivity index (χ1) is 15.2. The normalized spacial score (nSPS) is 29.9. The fourth-order valence-corrected chi connectivity index (χ4v) is 5.24. The minimum Gasteiger partial charge on any atom is -0.388 e. The zero-order valence-electron chi connectivity index (χ0n) is 18.0. The van der Waals surface area contributed by atoms with Crippen molar-refractivity contribution in [2.24, 2.45) is 0 Å². The topological polar surface area (TPSA) is 152 Å². The maximum absolute atomic E-state index is 12.9. The van der Waals surface area contributed by atoms with Crippen LogP contribution in [0.1, 0.15) is 25.8 Å². The number of morpholine rings is 1. The Kier molecular flexibility index (Phi) is 7.89. The van der Waals surface area contributed by atoms with E-state index in [9.17, 15) is 29.0 Å². The van der Waals surface area contributed by atoms with Gasteiger partial charge in [-0.2, -0.15) is 9.98 Å². The lowest BCUT2D eigenvalue weighted by Crippen LogP contribution is -2.63. The van der Waals surface area contributed by atoms with Gasteiger partial charge in [0, 0.05) is 18.8 Å². The highest BCUT2D eigenvalue weighted by Crippen LogP contribution is 2.27. The average molecular weight is 468 g/mol. The number of aliphatic hydroxyl groups is 3. The van der Waals surface area contributed by atoms with Gasteiger partial charge in [0.1, 0.15) is 24.3 Å². The summed E-state index contributed by atoms with van der Waals surface area (Å²) < 4.78 is 38.5. The highest BCUT2D eigenvalue weighted by molar-refractivity contribution is 7.93. The molecule has 0 bridgehead atoms. The van der Waals surface area contributed by atoms with E-state index >= 15 is 0 Å². The third-order valence-corrected chi connectivity index (χ3v) is 7.32. The molecule has 0 radical (unpaired) electrons. The highest BCUT2D eigenvalue weighted by Gasteiger charge is 2.45. The molecule has 11 heteroatoms. The number of anilines is 1. The molecule has 1 aromatic carbocycles. The van der Waals surface area contributed by atoms with Gasteiger partial charge in [-0.1, -0.05) is 19.1 Å². The number of rotatable bonds is 6. The maximum Gasteiger partial charge on any atom is 0.251 e. The summed E-state index contributed by atoms with van der Waals surface area (Å²) in [5, 5.41) is 40.2. The van der Waals surface area contributed by atoms with Gasteiger partial charge in [0.2, 0.25) is 0 Å². The van der Waals surface area contributed by atoms with Gasteiger partial charge in [-0.05, 0) is 36.6 Å². The third-order valence-electron chi connectivity index (χ3n) is 5.80. The first-order valence-corrected chi connectivity index (χ1v) is 11.9. The van der Waals surface area contributed by atoms with Crippen molar-refractivity contribution in [1.29, 1.82) is 5.26 Å². The van der Waals surface area contributed by atoms with Crippen molar-refractivity contribution >= 4 is 21.3 Å². The molecular weight excluding hydrogens is 438 g/mol. The molecule has 2 aliphatic heterocycles. The number of sulfonamides is 1. The lowest BCUT2D eigenvalue weighted by atomic mass is 9.96. The Morgan fingerprint density at radius 1 is 1.19 bits per heavy atom. The van der Waals surface area contributed by atoms with Crippen LogP contribution in [-0.2, 0) is 19.5 Å². The second-order valence-corrected chi connectivity index (χ2v) is 9.46. The number of allylic oxidation sites excluding steroid dienone is 2. The van der Waals surface area contributed by atoms with Gasteiger partial charge in [0.05, 0.1) is 19.3 Å². The van der Waals surface area contributed by atoms with Crippen molar-refractivity contribution in [2.75, 3.05) is 31.2 Å². The van der Waals surface area contributed by atoms with Gasteiger partial charge in [-0.25, -0.2) is 8.42 Å². The van der Waals surface area contributed by atoms with E-state index in [0.29, 0.717) is 25.2 Å². The summed E-state index contributed by atoms with van der Waals surface area (Å²) in [6.45, 7) is 6.00. The van der Waals surface area contributed by atoms with Crippen LogP contribution in [0.4, 0.5) is 5.69 Å². The number of benzene rings is 1. The molecule has 5 atom stereocenters. The Balaban J connectivity index is 1.83. The summed E-state index contributed by atoms with van der Waals surface area (Å²) in [6.07, 6.45) is -5.19. The molecule has 176 valence electrons. The highest BCUT2D eigenvalue weighted by atomic mass is 32.2. The summed E-state index contributed by atoms with van der Waals surface area (Å²) >= 11 is 0. The van der Waals surface area contributed by atoms with E-state index < -0.39 is 45.6 Å². The van der Waals surface area contributed by atoms with E-state index in [-0.39, 0.29) is 5.57 Å². The van der Waals surface area contributed by atoms with Gasteiger partial charge in [0.15, 0.2) is 11.2 Å². The third kappa shape index (κ3) is 5.13. The van der Waals surface area contributed by atoms with Crippen molar-refractivity contribution in [3.05, 3.63) is 34.7 Å². The number of ether oxygens (including phenoxy) is 2. The van der Waals surface area contributed by atoms with E-state index in [1.54, 1.807) is 25.1 Å². The maximum atomic E-state index is 12.9. The molecular formula is C21H29N3O7S. The average Bonchev–Trinajstić information content (AvgIpc) is 2.80. The van der Waals surface area contributed by atoms with Crippen molar-refractivity contribution in [2.45, 2.75) is 50.9 Å². The monoisotopic (exact) mass is 467 g/mol. The number of aliphatic hydroxyl groups excluding tert-OH is 3. The zero-order chi connectivity index (χ0) is 23.5. The quantitative estimate of drug-likeness (QED) is 0.421. The van der Waals surface area contributed by atoms with Gasteiger partial charge < -0.3 is 29.7 Å². The van der Waals surface area contributed by atoms with Gasteiger partial charge in [-0.15, -0.1) is 0 Å². The number of nitrogens with one attached hydrogen (secondary N) is 1. The molecule has 2 saturated heterocycles. The number of hydrogen-bond acceptors (Lipinski definition) is 9. The van der Waals surface area contributed by atoms with Crippen LogP contribution in [0.25, 0.3) is 5.57 Å². The van der Waals surface area contributed by atoms with Crippen LogP contribution in [0, 0.1) is 11.3 Å². The summed E-state index contributed by atoms with van der Waals surface area (Å²) in [5.74, 6) is 0. The zero-order valence-corrected chi connectivity index (χ0v) is 18.8. The molecule has 32 heavy (non-hydrogen) atoms. The molecule has 1 aromatic rings. The van der Waals surface area contributed by atoms with Crippen LogP contribution in [0.2, 0.25) is 0 Å². The summed E-state index contributed by atoms with van der Waals surface area (Å²) in [5.41, 5.74) is 1.71. The van der Waals surface area contributed by atoms with E-state index in [2.05, 4.69) is 9.62 Å². The van der Waals surface area contributed by atoms with Crippen molar-refractivity contribution in [3.63, 3.8) is 0 Å². The fraction of sp³-hybridized carbons (Fsp3) is 0.571. The van der Waals surface area contributed by atoms with Crippen molar-refractivity contribution < 1.29 is 33.2 Å². The predicted octanol–water partition coefficient (Wildman–Crippen LogP) is -0.0852.